The van der Waals surface area contributed by atoms with Crippen LogP contribution in [0, 0.1) is 0 Å². The van der Waals surface area contributed by atoms with E-state index < -0.39 is 0 Å². The first-order valence-electron chi connectivity index (χ1n) is 5.18. The van der Waals surface area contributed by atoms with Gasteiger partial charge in [0.15, 0.2) is 0 Å². The van der Waals surface area contributed by atoms with Crippen LogP contribution in [-0.2, 0) is 13.2 Å². The largest absolute Gasteiger partial charge is 0.392 e. The number of nitrogens with one attached hydrogen (secondary N) is 1. The molecule has 0 unspecified atom stereocenters. The Kier molecular flexibility index (Phi) is 4.06. The standard InChI is InChI=1S/C12H12BrN3O/c13-11-5-12(16-8-15-11)14-6-9-2-1-3-10(4-9)7-17/h1-5,8,17H,6-7H2,(H,14,15,16). The van der Waals surface area contributed by atoms with Crippen molar-refractivity contribution >= 4 is 21.7 Å². The molecule has 0 aliphatic rings. The van der Waals surface area contributed by atoms with Gasteiger partial charge in [-0.15, -0.1) is 0 Å². The van der Waals surface area contributed by atoms with Crippen LogP contribution in [0.5, 0.6) is 0 Å². The summed E-state index contributed by atoms with van der Waals surface area (Å²) >= 11 is 3.29. The highest BCUT2D eigenvalue weighted by Crippen LogP contribution is 2.11. The molecule has 0 aliphatic carbocycles. The second kappa shape index (κ2) is 5.75. The first kappa shape index (κ1) is 12.0. The quantitative estimate of drug-likeness (QED) is 0.850. The minimum atomic E-state index is 0.0624. The number of aromatic nitrogens is 2. The van der Waals surface area contributed by atoms with Crippen molar-refractivity contribution in [2.24, 2.45) is 0 Å². The lowest BCUT2D eigenvalue weighted by molar-refractivity contribution is 0.281. The monoisotopic (exact) mass is 293 g/mol. The SMILES string of the molecule is OCc1cccc(CNc2cc(Br)ncn2)c1. The maximum atomic E-state index is 9.04. The van der Waals surface area contributed by atoms with E-state index in [1.54, 1.807) is 0 Å². The summed E-state index contributed by atoms with van der Waals surface area (Å²) in [5, 5.41) is 12.2. The number of aliphatic hydroxyl groups is 1. The van der Waals surface area contributed by atoms with Gasteiger partial charge in [-0.3, -0.25) is 0 Å². The van der Waals surface area contributed by atoms with Gasteiger partial charge in [-0.2, -0.15) is 0 Å². The molecule has 2 rings (SSSR count). The van der Waals surface area contributed by atoms with E-state index in [0.717, 1.165) is 21.5 Å². The number of hydrogen-bond acceptors (Lipinski definition) is 4. The van der Waals surface area contributed by atoms with Gasteiger partial charge in [-0.25, -0.2) is 9.97 Å². The summed E-state index contributed by atoms with van der Waals surface area (Å²) < 4.78 is 0.749. The van der Waals surface area contributed by atoms with Crippen LogP contribution < -0.4 is 5.32 Å². The van der Waals surface area contributed by atoms with Crippen molar-refractivity contribution in [2.45, 2.75) is 13.2 Å². The molecular formula is C12H12BrN3O. The summed E-state index contributed by atoms with van der Waals surface area (Å²) in [6.45, 7) is 0.726. The Morgan fingerprint density at radius 3 is 2.76 bits per heavy atom. The highest BCUT2D eigenvalue weighted by atomic mass is 79.9. The summed E-state index contributed by atoms with van der Waals surface area (Å²) in [4.78, 5) is 8.05. The molecule has 2 N–H and O–H groups in total. The van der Waals surface area contributed by atoms with Gasteiger partial charge in [0.2, 0.25) is 0 Å². The first-order valence-corrected chi connectivity index (χ1v) is 5.97. The van der Waals surface area contributed by atoms with Gasteiger partial charge in [0, 0.05) is 12.6 Å². The Balaban J connectivity index is 2.02. The number of rotatable bonds is 4. The highest BCUT2D eigenvalue weighted by molar-refractivity contribution is 9.10. The molecule has 0 spiro atoms. The molecule has 1 heterocycles. The van der Waals surface area contributed by atoms with Crippen LogP contribution in [0.2, 0.25) is 0 Å². The van der Waals surface area contributed by atoms with Gasteiger partial charge in [0.05, 0.1) is 6.61 Å². The molecule has 0 amide bonds. The number of anilines is 1. The number of halogens is 1. The van der Waals surface area contributed by atoms with Crippen LogP contribution >= 0.6 is 15.9 Å². The average molecular weight is 294 g/mol. The minimum absolute atomic E-state index is 0.0624. The Morgan fingerprint density at radius 1 is 1.18 bits per heavy atom. The Labute approximate surface area is 108 Å². The lowest BCUT2D eigenvalue weighted by atomic mass is 10.1. The molecule has 4 nitrogen and oxygen atoms in total. The lowest BCUT2D eigenvalue weighted by Crippen LogP contribution is -2.02. The number of nitrogens with zero attached hydrogens (tertiary/aromatic N) is 2. The highest BCUT2D eigenvalue weighted by Gasteiger charge is 1.98. The van der Waals surface area contributed by atoms with E-state index in [1.807, 2.05) is 30.3 Å². The van der Waals surface area contributed by atoms with Crippen molar-refractivity contribution in [3.05, 3.63) is 52.4 Å². The van der Waals surface area contributed by atoms with Gasteiger partial charge in [0.25, 0.3) is 0 Å². The van der Waals surface area contributed by atoms with E-state index in [9.17, 15) is 0 Å². The predicted molar refractivity (Wildman–Crippen MR) is 69.4 cm³/mol. The fourth-order valence-electron chi connectivity index (χ4n) is 1.46. The van der Waals surface area contributed by atoms with Gasteiger partial charge in [-0.05, 0) is 27.1 Å². The lowest BCUT2D eigenvalue weighted by Gasteiger charge is -2.06. The third-order valence-electron chi connectivity index (χ3n) is 2.28. The maximum absolute atomic E-state index is 9.04. The number of hydrogen-bond donors (Lipinski definition) is 2. The fourth-order valence-corrected chi connectivity index (χ4v) is 1.77. The van der Waals surface area contributed by atoms with E-state index >= 15 is 0 Å². The summed E-state index contributed by atoms with van der Waals surface area (Å²) in [7, 11) is 0. The third-order valence-corrected chi connectivity index (χ3v) is 2.71. The predicted octanol–water partition coefficient (Wildman–Crippen LogP) is 2.34. The van der Waals surface area contributed by atoms with Crippen molar-refractivity contribution in [1.29, 1.82) is 0 Å². The van der Waals surface area contributed by atoms with Crippen molar-refractivity contribution in [2.75, 3.05) is 5.32 Å². The van der Waals surface area contributed by atoms with Gasteiger partial charge in [-0.1, -0.05) is 24.3 Å². The zero-order valence-corrected chi connectivity index (χ0v) is 10.7. The van der Waals surface area contributed by atoms with E-state index in [4.69, 9.17) is 5.11 Å². The third kappa shape index (κ3) is 3.51. The summed E-state index contributed by atoms with van der Waals surface area (Å²) in [6.07, 6.45) is 1.50. The van der Waals surface area contributed by atoms with Crippen molar-refractivity contribution in [3.8, 4) is 0 Å². The second-order valence-corrected chi connectivity index (χ2v) is 4.37. The van der Waals surface area contributed by atoms with Crippen LogP contribution in [0.15, 0.2) is 41.3 Å². The van der Waals surface area contributed by atoms with Crippen molar-refractivity contribution in [3.63, 3.8) is 0 Å². The zero-order chi connectivity index (χ0) is 12.1. The Hall–Kier alpha value is -1.46. The van der Waals surface area contributed by atoms with Crippen LogP contribution in [0.25, 0.3) is 0 Å². The molecule has 0 radical (unpaired) electrons. The van der Waals surface area contributed by atoms with E-state index in [1.165, 1.54) is 6.33 Å². The molecule has 0 saturated heterocycles. The molecule has 1 aromatic carbocycles. The fraction of sp³-hybridized carbons (Fsp3) is 0.167. The molecule has 17 heavy (non-hydrogen) atoms. The van der Waals surface area contributed by atoms with Crippen molar-refractivity contribution in [1.82, 2.24) is 9.97 Å². The van der Waals surface area contributed by atoms with Crippen LogP contribution in [-0.4, -0.2) is 15.1 Å². The Bertz CT molecular complexity index is 505. The van der Waals surface area contributed by atoms with Crippen LogP contribution in [0.3, 0.4) is 0 Å². The summed E-state index contributed by atoms with van der Waals surface area (Å²) in [5.74, 6) is 0.765. The van der Waals surface area contributed by atoms with Gasteiger partial charge < -0.3 is 10.4 Å². The molecule has 88 valence electrons. The molecular weight excluding hydrogens is 282 g/mol. The molecule has 0 saturated carbocycles. The normalized spacial score (nSPS) is 10.2. The number of aliphatic hydroxyl groups excluding tert-OH is 1. The number of benzene rings is 1. The first-order chi connectivity index (χ1) is 8.28. The smallest absolute Gasteiger partial charge is 0.130 e. The van der Waals surface area contributed by atoms with Crippen LogP contribution in [0.4, 0.5) is 5.82 Å². The minimum Gasteiger partial charge on any atom is -0.392 e. The van der Waals surface area contributed by atoms with Gasteiger partial charge in [0.1, 0.15) is 16.7 Å². The maximum Gasteiger partial charge on any atom is 0.130 e. The van der Waals surface area contributed by atoms with E-state index in [0.29, 0.717) is 6.54 Å². The van der Waals surface area contributed by atoms with Gasteiger partial charge >= 0.3 is 0 Å². The zero-order valence-electron chi connectivity index (χ0n) is 9.10. The van der Waals surface area contributed by atoms with Crippen molar-refractivity contribution < 1.29 is 5.11 Å². The molecule has 0 fully saturated rings. The molecule has 0 atom stereocenters. The average Bonchev–Trinajstić information content (AvgIpc) is 2.37. The second-order valence-electron chi connectivity index (χ2n) is 3.56. The Morgan fingerprint density at radius 2 is 2.00 bits per heavy atom. The van der Waals surface area contributed by atoms with Crippen LogP contribution in [0.1, 0.15) is 11.1 Å². The van der Waals surface area contributed by atoms with E-state index in [2.05, 4.69) is 31.2 Å². The summed E-state index contributed by atoms with van der Waals surface area (Å²) in [6, 6.07) is 9.60. The molecule has 0 aliphatic heterocycles. The molecule has 5 heteroatoms. The topological polar surface area (TPSA) is 58.0 Å². The summed E-state index contributed by atoms with van der Waals surface area (Å²) in [5.41, 5.74) is 2.01. The van der Waals surface area contributed by atoms with E-state index in [-0.39, 0.29) is 6.61 Å². The molecule has 2 aromatic rings. The molecule has 0 bridgehead atoms. The molecule has 1 aromatic heterocycles.